The number of hydrogen-bond donors (Lipinski definition) is 2. The quantitative estimate of drug-likeness (QED) is 0.563. The zero-order valence-corrected chi connectivity index (χ0v) is 17.1. The van der Waals surface area contributed by atoms with Gasteiger partial charge in [-0.2, -0.15) is 5.10 Å². The predicted molar refractivity (Wildman–Crippen MR) is 112 cm³/mol. The van der Waals surface area contributed by atoms with Gasteiger partial charge in [0.2, 0.25) is 5.91 Å². The molecule has 0 radical (unpaired) electrons. The number of amides is 2. The molecule has 2 aromatic heterocycles. The number of nitrogens with zero attached hydrogens (tertiary/aromatic N) is 6. The molecular formula is C19H26N8O3. The second-order valence-electron chi connectivity index (χ2n) is 6.94. The van der Waals surface area contributed by atoms with E-state index in [4.69, 9.17) is 10.5 Å². The van der Waals surface area contributed by atoms with Crippen molar-refractivity contribution in [2.45, 2.75) is 19.0 Å². The van der Waals surface area contributed by atoms with Crippen LogP contribution in [-0.4, -0.2) is 76.4 Å². The van der Waals surface area contributed by atoms with Gasteiger partial charge in [-0.15, -0.1) is 0 Å². The highest BCUT2D eigenvalue weighted by Crippen LogP contribution is 2.24. The third kappa shape index (κ3) is 4.74. The van der Waals surface area contributed by atoms with Crippen molar-refractivity contribution in [3.05, 3.63) is 36.9 Å². The zero-order valence-electron chi connectivity index (χ0n) is 17.1. The smallest absolute Gasteiger partial charge is 0.271 e. The maximum Gasteiger partial charge on any atom is 0.271 e. The van der Waals surface area contributed by atoms with E-state index in [1.165, 1.54) is 12.3 Å². The summed E-state index contributed by atoms with van der Waals surface area (Å²) in [7, 11) is 3.50. The van der Waals surface area contributed by atoms with Gasteiger partial charge in [0.05, 0.1) is 31.2 Å². The molecule has 1 aliphatic heterocycles. The maximum absolute atomic E-state index is 11.8. The van der Waals surface area contributed by atoms with Crippen LogP contribution in [0.4, 0.5) is 17.3 Å². The Morgan fingerprint density at radius 1 is 1.47 bits per heavy atom. The van der Waals surface area contributed by atoms with Crippen LogP contribution in [0.25, 0.3) is 0 Å². The molecule has 3 N–H and O–H groups in total. The number of methoxy groups -OCH3 is 1. The molecule has 3 rings (SSSR count). The van der Waals surface area contributed by atoms with Gasteiger partial charge in [-0.05, 0) is 12.5 Å². The third-order valence-corrected chi connectivity index (χ3v) is 4.97. The first-order valence-corrected chi connectivity index (χ1v) is 9.52. The van der Waals surface area contributed by atoms with Crippen LogP contribution in [0, 0.1) is 0 Å². The lowest BCUT2D eigenvalue weighted by Gasteiger charge is -2.26. The molecular weight excluding hydrogens is 388 g/mol. The van der Waals surface area contributed by atoms with E-state index in [1.807, 2.05) is 11.9 Å². The summed E-state index contributed by atoms with van der Waals surface area (Å²) in [5.41, 5.74) is 6.15. The number of ether oxygens (including phenoxy) is 1. The van der Waals surface area contributed by atoms with Crippen LogP contribution >= 0.6 is 0 Å². The van der Waals surface area contributed by atoms with Crippen LogP contribution in [0.5, 0.6) is 0 Å². The summed E-state index contributed by atoms with van der Waals surface area (Å²) in [4.78, 5) is 36.1. The maximum atomic E-state index is 11.8. The third-order valence-electron chi connectivity index (χ3n) is 4.97. The summed E-state index contributed by atoms with van der Waals surface area (Å²) in [6.07, 6.45) is 7.01. The Morgan fingerprint density at radius 2 is 2.27 bits per heavy atom. The lowest BCUT2D eigenvalue weighted by Crippen LogP contribution is -2.36. The standard InChI is InChI=1S/C19H26N8O3/c1-4-16(28)26-6-5-14(12-26)25(2)15-10-21-17(18(20)29)19(24-15)23-13-9-22-27(11-13)7-8-30-3/h4,9-11,14H,1,5-8,12H2,2-3H3,(H2,20,29)(H,23,24). The second-order valence-corrected chi connectivity index (χ2v) is 6.94. The lowest BCUT2D eigenvalue weighted by atomic mass is 10.2. The molecule has 1 unspecified atom stereocenters. The summed E-state index contributed by atoms with van der Waals surface area (Å²) in [6.45, 7) is 5.87. The number of carbonyl (C=O) groups is 2. The van der Waals surface area contributed by atoms with Crippen molar-refractivity contribution in [2.24, 2.45) is 5.73 Å². The van der Waals surface area contributed by atoms with Gasteiger partial charge in [0.1, 0.15) is 5.82 Å². The van der Waals surface area contributed by atoms with Crippen LogP contribution < -0.4 is 16.0 Å². The molecule has 2 amide bonds. The van der Waals surface area contributed by atoms with Crippen molar-refractivity contribution in [1.82, 2.24) is 24.6 Å². The minimum absolute atomic E-state index is 0.0340. The number of rotatable bonds is 9. The summed E-state index contributed by atoms with van der Waals surface area (Å²) >= 11 is 0. The minimum atomic E-state index is -0.686. The number of aromatic nitrogens is 4. The van der Waals surface area contributed by atoms with Crippen molar-refractivity contribution < 1.29 is 14.3 Å². The van der Waals surface area contributed by atoms with Crippen molar-refractivity contribution in [3.8, 4) is 0 Å². The Hall–Kier alpha value is -3.47. The fourth-order valence-electron chi connectivity index (χ4n) is 3.26. The molecule has 1 fully saturated rings. The SMILES string of the molecule is C=CC(=O)N1CCC(N(C)c2cnc(C(N)=O)c(Nc3cnn(CCOC)c3)n2)C1. The van der Waals surface area contributed by atoms with E-state index in [0.29, 0.717) is 37.7 Å². The number of likely N-dealkylation sites (tertiary alicyclic amines) is 1. The summed E-state index contributed by atoms with van der Waals surface area (Å²) in [6, 6.07) is 0.0762. The van der Waals surface area contributed by atoms with Crippen molar-refractivity contribution in [2.75, 3.05) is 44.1 Å². The van der Waals surface area contributed by atoms with Crippen molar-refractivity contribution in [3.63, 3.8) is 0 Å². The molecule has 11 heteroatoms. The monoisotopic (exact) mass is 414 g/mol. The highest BCUT2D eigenvalue weighted by molar-refractivity contribution is 5.96. The number of likely N-dealkylation sites (N-methyl/N-ethyl adjacent to an activating group) is 1. The van der Waals surface area contributed by atoms with Gasteiger partial charge in [0.25, 0.3) is 5.91 Å². The Bertz CT molecular complexity index is 928. The zero-order chi connectivity index (χ0) is 21.7. The molecule has 3 heterocycles. The molecule has 2 aromatic rings. The largest absolute Gasteiger partial charge is 0.383 e. The topological polar surface area (TPSA) is 132 Å². The van der Waals surface area contributed by atoms with E-state index >= 15 is 0 Å². The van der Waals surface area contributed by atoms with Crippen LogP contribution in [0.15, 0.2) is 31.2 Å². The second kappa shape index (κ2) is 9.35. The Morgan fingerprint density at radius 3 is 2.97 bits per heavy atom. The van der Waals surface area contributed by atoms with E-state index in [9.17, 15) is 9.59 Å². The van der Waals surface area contributed by atoms with Crippen LogP contribution in [0.1, 0.15) is 16.9 Å². The van der Waals surface area contributed by atoms with E-state index in [2.05, 4.69) is 27.0 Å². The highest BCUT2D eigenvalue weighted by atomic mass is 16.5. The molecule has 0 aromatic carbocycles. The highest BCUT2D eigenvalue weighted by Gasteiger charge is 2.29. The first-order valence-electron chi connectivity index (χ1n) is 9.52. The van der Waals surface area contributed by atoms with Crippen LogP contribution in [0.2, 0.25) is 0 Å². The molecule has 0 saturated carbocycles. The molecule has 1 atom stereocenters. The van der Waals surface area contributed by atoms with Gasteiger partial charge in [0, 0.05) is 39.5 Å². The fourth-order valence-corrected chi connectivity index (χ4v) is 3.26. The number of primary amides is 1. The van der Waals surface area contributed by atoms with Gasteiger partial charge in [-0.25, -0.2) is 9.97 Å². The van der Waals surface area contributed by atoms with Gasteiger partial charge >= 0.3 is 0 Å². The molecule has 1 aliphatic rings. The Balaban J connectivity index is 1.79. The predicted octanol–water partition coefficient (Wildman–Crippen LogP) is 0.385. The molecule has 0 bridgehead atoms. The summed E-state index contributed by atoms with van der Waals surface area (Å²) < 4.78 is 6.76. The Kier molecular flexibility index (Phi) is 6.62. The van der Waals surface area contributed by atoms with E-state index in [-0.39, 0.29) is 23.5 Å². The lowest BCUT2D eigenvalue weighted by molar-refractivity contribution is -0.125. The number of anilines is 3. The first-order chi connectivity index (χ1) is 14.4. The minimum Gasteiger partial charge on any atom is -0.383 e. The fraction of sp³-hybridized carbons (Fsp3) is 0.421. The van der Waals surface area contributed by atoms with E-state index in [0.717, 1.165) is 6.42 Å². The van der Waals surface area contributed by atoms with E-state index in [1.54, 1.807) is 29.1 Å². The number of carbonyl (C=O) groups excluding carboxylic acids is 2. The Labute approximate surface area is 174 Å². The molecule has 160 valence electrons. The molecule has 0 spiro atoms. The van der Waals surface area contributed by atoms with Crippen LogP contribution in [0.3, 0.4) is 0 Å². The first kappa shape index (κ1) is 21.2. The molecule has 30 heavy (non-hydrogen) atoms. The van der Waals surface area contributed by atoms with Gasteiger partial charge in [-0.1, -0.05) is 6.58 Å². The number of nitrogens with two attached hydrogens (primary N) is 1. The van der Waals surface area contributed by atoms with Crippen molar-refractivity contribution in [1.29, 1.82) is 0 Å². The normalized spacial score (nSPS) is 15.8. The number of nitrogens with one attached hydrogen (secondary N) is 1. The molecule has 0 aliphatic carbocycles. The number of hydrogen-bond acceptors (Lipinski definition) is 8. The molecule has 1 saturated heterocycles. The van der Waals surface area contributed by atoms with Crippen LogP contribution in [-0.2, 0) is 16.1 Å². The van der Waals surface area contributed by atoms with Crippen molar-refractivity contribution >= 4 is 29.1 Å². The average Bonchev–Trinajstić information content (AvgIpc) is 3.40. The van der Waals surface area contributed by atoms with Gasteiger partial charge in [0.15, 0.2) is 11.5 Å². The van der Waals surface area contributed by atoms with Gasteiger partial charge in [-0.3, -0.25) is 14.3 Å². The summed E-state index contributed by atoms with van der Waals surface area (Å²) in [5.74, 6) is 0.0332. The summed E-state index contributed by atoms with van der Waals surface area (Å²) in [5, 5.41) is 7.30. The van der Waals surface area contributed by atoms with Gasteiger partial charge < -0.3 is 25.6 Å². The molecule has 11 nitrogen and oxygen atoms in total. The van der Waals surface area contributed by atoms with E-state index < -0.39 is 5.91 Å². The average molecular weight is 414 g/mol.